The number of carbonyl (C=O) groups is 2. The zero-order valence-corrected chi connectivity index (χ0v) is 20.7. The molecule has 2 fully saturated rings. The van der Waals surface area contributed by atoms with Gasteiger partial charge in [-0.1, -0.05) is 34.5 Å². The molecule has 2 aliphatic heterocycles. The number of nitrogens with zero attached hydrogens (tertiary/aromatic N) is 4. The minimum atomic E-state index is -0.356. The first kappa shape index (κ1) is 24.2. The molecule has 2 unspecified atom stereocenters. The smallest absolute Gasteiger partial charge is 0.253 e. The predicted octanol–water partition coefficient (Wildman–Crippen LogP) is 4.75. The highest BCUT2D eigenvalue weighted by Crippen LogP contribution is 2.30. The van der Waals surface area contributed by atoms with Crippen LogP contribution in [0.3, 0.4) is 0 Å². The van der Waals surface area contributed by atoms with Crippen molar-refractivity contribution >= 4 is 11.8 Å². The molecule has 1 aromatic heterocycles. The van der Waals surface area contributed by atoms with Crippen molar-refractivity contribution in [2.75, 3.05) is 26.2 Å². The van der Waals surface area contributed by atoms with E-state index in [1.165, 1.54) is 12.1 Å². The van der Waals surface area contributed by atoms with Crippen LogP contribution in [-0.2, 0) is 4.79 Å². The maximum absolute atomic E-state index is 13.6. The highest BCUT2D eigenvalue weighted by molar-refractivity contribution is 5.95. The van der Waals surface area contributed by atoms with Crippen molar-refractivity contribution in [3.8, 4) is 11.4 Å². The van der Waals surface area contributed by atoms with E-state index >= 15 is 0 Å². The number of halogens is 1. The van der Waals surface area contributed by atoms with Crippen molar-refractivity contribution in [3.63, 3.8) is 0 Å². The van der Waals surface area contributed by atoms with Gasteiger partial charge in [0.1, 0.15) is 5.82 Å². The predicted molar refractivity (Wildman–Crippen MR) is 133 cm³/mol. The summed E-state index contributed by atoms with van der Waals surface area (Å²) in [5.41, 5.74) is 3.36. The summed E-state index contributed by atoms with van der Waals surface area (Å²) in [6.45, 7) is 6.28. The van der Waals surface area contributed by atoms with E-state index in [-0.39, 0.29) is 29.5 Å². The van der Waals surface area contributed by atoms with Gasteiger partial charge in [-0.25, -0.2) is 4.39 Å². The number of hydrogen-bond acceptors (Lipinski definition) is 5. The zero-order chi connectivity index (χ0) is 25.2. The van der Waals surface area contributed by atoms with Gasteiger partial charge in [-0.2, -0.15) is 4.98 Å². The highest BCUT2D eigenvalue weighted by atomic mass is 19.1. The van der Waals surface area contributed by atoms with Crippen molar-refractivity contribution < 1.29 is 18.5 Å². The van der Waals surface area contributed by atoms with Crippen molar-refractivity contribution in [1.29, 1.82) is 0 Å². The summed E-state index contributed by atoms with van der Waals surface area (Å²) in [5.74, 6) is 0.273. The Morgan fingerprint density at radius 3 is 2.50 bits per heavy atom. The standard InChI is InChI=1S/C28H31FN4O3/c1-18-12-19(2)14-23(13-18)28(35)33-11-5-8-22(17-33)27(34)32-10-4-7-21(16-32)26-30-25(31-36-26)20-6-3-9-24(29)15-20/h3,6,9,12-15,21-22H,4-5,7-8,10-11,16-17H2,1-2H3. The van der Waals surface area contributed by atoms with Crippen LogP contribution in [-0.4, -0.2) is 57.9 Å². The summed E-state index contributed by atoms with van der Waals surface area (Å²) in [6.07, 6.45) is 3.27. The molecule has 0 radical (unpaired) electrons. The molecule has 2 saturated heterocycles. The average Bonchev–Trinajstić information content (AvgIpc) is 3.38. The van der Waals surface area contributed by atoms with Gasteiger partial charge >= 0.3 is 0 Å². The van der Waals surface area contributed by atoms with E-state index < -0.39 is 0 Å². The fraction of sp³-hybridized carbons (Fsp3) is 0.429. The van der Waals surface area contributed by atoms with Gasteiger partial charge in [-0.3, -0.25) is 9.59 Å². The van der Waals surface area contributed by atoms with Crippen LogP contribution in [0.4, 0.5) is 4.39 Å². The van der Waals surface area contributed by atoms with E-state index in [0.29, 0.717) is 49.0 Å². The first-order valence-corrected chi connectivity index (χ1v) is 12.6. The van der Waals surface area contributed by atoms with Gasteiger partial charge in [0, 0.05) is 37.3 Å². The molecule has 0 spiro atoms. The third-order valence-corrected chi connectivity index (χ3v) is 7.13. The molecule has 7 nitrogen and oxygen atoms in total. The van der Waals surface area contributed by atoms with Crippen molar-refractivity contribution in [3.05, 3.63) is 70.9 Å². The maximum atomic E-state index is 13.6. The molecule has 3 aromatic rings. The Morgan fingerprint density at radius 2 is 1.72 bits per heavy atom. The molecule has 0 saturated carbocycles. The molecule has 0 aliphatic carbocycles. The first-order chi connectivity index (χ1) is 17.4. The Labute approximate surface area is 210 Å². The molecule has 0 bridgehead atoms. The lowest BCUT2D eigenvalue weighted by molar-refractivity contribution is -0.138. The molecule has 2 aromatic carbocycles. The number of aromatic nitrogens is 2. The second-order valence-electron chi connectivity index (χ2n) is 10.1. The third-order valence-electron chi connectivity index (χ3n) is 7.13. The fourth-order valence-corrected chi connectivity index (χ4v) is 5.43. The molecule has 36 heavy (non-hydrogen) atoms. The van der Waals surface area contributed by atoms with Gasteiger partial charge in [0.25, 0.3) is 5.91 Å². The number of likely N-dealkylation sites (tertiary alicyclic amines) is 2. The van der Waals surface area contributed by atoms with Gasteiger partial charge < -0.3 is 14.3 Å². The Bertz CT molecular complexity index is 1250. The average molecular weight is 491 g/mol. The van der Waals surface area contributed by atoms with Gasteiger partial charge in [0.15, 0.2) is 0 Å². The fourth-order valence-electron chi connectivity index (χ4n) is 5.43. The molecule has 2 aliphatic rings. The molecule has 2 amide bonds. The number of piperidine rings is 2. The summed E-state index contributed by atoms with van der Waals surface area (Å²) in [6, 6.07) is 12.0. The second-order valence-corrected chi connectivity index (χ2v) is 10.1. The lowest BCUT2D eigenvalue weighted by Gasteiger charge is -2.37. The third kappa shape index (κ3) is 5.17. The van der Waals surface area contributed by atoms with E-state index in [1.807, 2.05) is 35.8 Å². The minimum absolute atomic E-state index is 0.00782. The summed E-state index contributed by atoms with van der Waals surface area (Å²) in [7, 11) is 0. The lowest BCUT2D eigenvalue weighted by atomic mass is 9.92. The van der Waals surface area contributed by atoms with E-state index in [0.717, 1.165) is 36.8 Å². The highest BCUT2D eigenvalue weighted by Gasteiger charge is 2.35. The number of rotatable bonds is 4. The Morgan fingerprint density at radius 1 is 0.972 bits per heavy atom. The summed E-state index contributed by atoms with van der Waals surface area (Å²) < 4.78 is 19.1. The quantitative estimate of drug-likeness (QED) is 0.527. The van der Waals surface area contributed by atoms with Crippen LogP contribution in [0.25, 0.3) is 11.4 Å². The Balaban J connectivity index is 1.24. The van der Waals surface area contributed by atoms with Crippen LogP contribution >= 0.6 is 0 Å². The lowest BCUT2D eigenvalue weighted by Crippen LogP contribution is -2.49. The summed E-state index contributed by atoms with van der Waals surface area (Å²) in [4.78, 5) is 34.9. The van der Waals surface area contributed by atoms with Gasteiger partial charge in [0.2, 0.25) is 17.6 Å². The zero-order valence-electron chi connectivity index (χ0n) is 20.7. The normalized spacial score (nSPS) is 20.4. The van der Waals surface area contributed by atoms with E-state index in [4.69, 9.17) is 4.52 Å². The van der Waals surface area contributed by atoms with Crippen LogP contribution in [0.5, 0.6) is 0 Å². The minimum Gasteiger partial charge on any atom is -0.342 e. The van der Waals surface area contributed by atoms with Crippen molar-refractivity contribution in [1.82, 2.24) is 19.9 Å². The van der Waals surface area contributed by atoms with Crippen molar-refractivity contribution in [2.24, 2.45) is 5.92 Å². The largest absolute Gasteiger partial charge is 0.342 e. The van der Waals surface area contributed by atoms with Gasteiger partial charge in [-0.05, 0) is 63.8 Å². The Kier molecular flexibility index (Phi) is 6.85. The monoisotopic (exact) mass is 490 g/mol. The van der Waals surface area contributed by atoms with E-state index in [1.54, 1.807) is 12.1 Å². The molecule has 5 rings (SSSR count). The molecule has 8 heteroatoms. The number of carbonyl (C=O) groups excluding carboxylic acids is 2. The summed E-state index contributed by atoms with van der Waals surface area (Å²) in [5, 5.41) is 4.03. The molecule has 188 valence electrons. The molecule has 2 atom stereocenters. The number of hydrogen-bond donors (Lipinski definition) is 0. The topological polar surface area (TPSA) is 79.5 Å². The van der Waals surface area contributed by atoms with Crippen LogP contribution in [0.15, 0.2) is 47.0 Å². The van der Waals surface area contributed by atoms with E-state index in [9.17, 15) is 14.0 Å². The second kappa shape index (κ2) is 10.2. The number of aryl methyl sites for hydroxylation is 2. The molecule has 0 N–H and O–H groups in total. The van der Waals surface area contributed by atoms with Crippen LogP contribution in [0.1, 0.15) is 59.0 Å². The first-order valence-electron chi connectivity index (χ1n) is 12.6. The maximum Gasteiger partial charge on any atom is 0.253 e. The molecular weight excluding hydrogens is 459 g/mol. The SMILES string of the molecule is Cc1cc(C)cc(C(=O)N2CCCC(C(=O)N3CCCC(c4nc(-c5cccc(F)c5)no4)C3)C2)c1. The molecular formula is C28H31FN4O3. The summed E-state index contributed by atoms with van der Waals surface area (Å²) >= 11 is 0. The number of benzene rings is 2. The molecule has 3 heterocycles. The van der Waals surface area contributed by atoms with Gasteiger partial charge in [-0.15, -0.1) is 0 Å². The van der Waals surface area contributed by atoms with Crippen LogP contribution in [0.2, 0.25) is 0 Å². The Hall–Kier alpha value is -3.55. The van der Waals surface area contributed by atoms with Gasteiger partial charge in [0.05, 0.1) is 11.8 Å². The van der Waals surface area contributed by atoms with Crippen molar-refractivity contribution in [2.45, 2.75) is 45.4 Å². The number of amides is 2. The van der Waals surface area contributed by atoms with Crippen LogP contribution < -0.4 is 0 Å². The van der Waals surface area contributed by atoms with E-state index in [2.05, 4.69) is 16.2 Å². The van der Waals surface area contributed by atoms with Crippen LogP contribution in [0, 0.1) is 25.6 Å².